The van der Waals surface area contributed by atoms with Crippen molar-refractivity contribution in [2.24, 2.45) is 16.7 Å². The van der Waals surface area contributed by atoms with Gasteiger partial charge in [-0.05, 0) is 29.6 Å². The maximum atomic E-state index is 2.46. The second-order valence-electron chi connectivity index (χ2n) is 4.46. The lowest BCUT2D eigenvalue weighted by atomic mass is 9.66. The summed E-state index contributed by atoms with van der Waals surface area (Å²) >= 11 is 0. The predicted octanol–water partition coefficient (Wildman–Crippen LogP) is 2.83. The van der Waals surface area contributed by atoms with E-state index in [9.17, 15) is 0 Å². The highest BCUT2D eigenvalue weighted by Gasteiger charge is 2.72. The van der Waals surface area contributed by atoms with Gasteiger partial charge in [-0.25, -0.2) is 0 Å². The molecule has 3 atom stereocenters. The average Bonchev–Trinajstić information content (AvgIpc) is 2.18. The Labute approximate surface area is 57.6 Å². The van der Waals surface area contributed by atoms with E-state index in [1.807, 2.05) is 0 Å². The molecule has 0 radical (unpaired) electrons. The van der Waals surface area contributed by atoms with Gasteiger partial charge in [-0.2, -0.15) is 0 Å². The lowest BCUT2D eigenvalue weighted by Crippen LogP contribution is -2.31. The van der Waals surface area contributed by atoms with Crippen molar-refractivity contribution >= 4 is 0 Å². The molecule has 0 amide bonds. The molecule has 0 bridgehead atoms. The summed E-state index contributed by atoms with van der Waals surface area (Å²) in [5.74, 6) is 1.07. The van der Waals surface area contributed by atoms with Crippen molar-refractivity contribution in [2.75, 3.05) is 0 Å². The average molecular weight is 124 g/mol. The van der Waals surface area contributed by atoms with Crippen LogP contribution >= 0.6 is 0 Å². The van der Waals surface area contributed by atoms with Gasteiger partial charge < -0.3 is 0 Å². The Kier molecular flexibility index (Phi) is 0.774. The van der Waals surface area contributed by atoms with Crippen LogP contribution in [0.5, 0.6) is 0 Å². The van der Waals surface area contributed by atoms with Gasteiger partial charge in [0.2, 0.25) is 0 Å². The van der Waals surface area contributed by atoms with Crippen LogP contribution in [0.4, 0.5) is 0 Å². The molecule has 0 aromatic heterocycles. The van der Waals surface area contributed by atoms with E-state index in [0.717, 1.165) is 16.7 Å². The Hall–Kier alpha value is 0. The van der Waals surface area contributed by atoms with Gasteiger partial charge in [0.15, 0.2) is 0 Å². The van der Waals surface area contributed by atoms with Gasteiger partial charge in [-0.15, -0.1) is 0 Å². The zero-order valence-corrected chi connectivity index (χ0v) is 6.70. The third-order valence-corrected chi connectivity index (χ3v) is 4.10. The van der Waals surface area contributed by atoms with E-state index < -0.39 is 0 Å². The minimum Gasteiger partial charge on any atom is -0.0651 e. The number of rotatable bonds is 1. The molecule has 0 aromatic rings. The largest absolute Gasteiger partial charge is 0.0651 e. The summed E-state index contributed by atoms with van der Waals surface area (Å²) in [5.41, 5.74) is 1.59. The lowest BCUT2D eigenvalue weighted by Gasteiger charge is -2.39. The van der Waals surface area contributed by atoms with Gasteiger partial charge >= 0.3 is 0 Å². The number of hydrogen-bond donors (Lipinski definition) is 0. The Balaban J connectivity index is 2.10. The molecule has 0 saturated heterocycles. The molecule has 2 aliphatic carbocycles. The summed E-state index contributed by atoms with van der Waals surface area (Å²) in [6.45, 7) is 7.23. The fourth-order valence-corrected chi connectivity index (χ4v) is 2.94. The zero-order valence-electron chi connectivity index (χ0n) is 6.70. The Morgan fingerprint density at radius 2 is 2.11 bits per heavy atom. The van der Waals surface area contributed by atoms with Crippen molar-refractivity contribution < 1.29 is 0 Å². The summed E-state index contributed by atoms with van der Waals surface area (Å²) in [6.07, 6.45) is 4.44. The van der Waals surface area contributed by atoms with Crippen LogP contribution in [0, 0.1) is 16.7 Å². The van der Waals surface area contributed by atoms with Gasteiger partial charge in [-0.3, -0.25) is 0 Å². The molecule has 2 aliphatic rings. The SMILES string of the molecule is CCC1CC2(C)CC12C. The third kappa shape index (κ3) is 0.426. The summed E-state index contributed by atoms with van der Waals surface area (Å²) in [5, 5.41) is 0. The quantitative estimate of drug-likeness (QED) is 0.504. The van der Waals surface area contributed by atoms with E-state index in [1.54, 1.807) is 0 Å². The van der Waals surface area contributed by atoms with Crippen molar-refractivity contribution in [3.8, 4) is 0 Å². The van der Waals surface area contributed by atoms with Crippen LogP contribution in [0.2, 0.25) is 0 Å². The molecule has 0 aromatic carbocycles. The van der Waals surface area contributed by atoms with E-state index in [1.165, 1.54) is 19.3 Å². The first-order valence-electron chi connectivity index (χ1n) is 4.12. The Morgan fingerprint density at radius 3 is 2.22 bits per heavy atom. The summed E-state index contributed by atoms with van der Waals surface area (Å²) in [6, 6.07) is 0. The smallest absolute Gasteiger partial charge is 0.0238 e. The van der Waals surface area contributed by atoms with Crippen LogP contribution < -0.4 is 0 Å². The van der Waals surface area contributed by atoms with Crippen LogP contribution in [-0.4, -0.2) is 0 Å². The van der Waals surface area contributed by atoms with Crippen LogP contribution in [0.3, 0.4) is 0 Å². The molecule has 0 spiro atoms. The minimum atomic E-state index is 0.793. The monoisotopic (exact) mass is 124 g/mol. The fraction of sp³-hybridized carbons (Fsp3) is 1.00. The molecule has 0 heteroatoms. The summed E-state index contributed by atoms with van der Waals surface area (Å²) in [7, 11) is 0. The molecule has 3 unspecified atom stereocenters. The van der Waals surface area contributed by atoms with E-state index in [-0.39, 0.29) is 0 Å². The molecule has 0 nitrogen and oxygen atoms in total. The Morgan fingerprint density at radius 1 is 1.44 bits per heavy atom. The van der Waals surface area contributed by atoms with Crippen molar-refractivity contribution in [3.63, 3.8) is 0 Å². The van der Waals surface area contributed by atoms with Crippen LogP contribution in [0.15, 0.2) is 0 Å². The predicted molar refractivity (Wildman–Crippen MR) is 39.2 cm³/mol. The second-order valence-corrected chi connectivity index (χ2v) is 4.46. The van der Waals surface area contributed by atoms with E-state index in [4.69, 9.17) is 0 Å². The topological polar surface area (TPSA) is 0 Å². The van der Waals surface area contributed by atoms with E-state index >= 15 is 0 Å². The van der Waals surface area contributed by atoms with Gasteiger partial charge in [0.1, 0.15) is 0 Å². The van der Waals surface area contributed by atoms with E-state index in [2.05, 4.69) is 20.8 Å². The standard InChI is InChI=1S/C9H16/c1-4-7-5-8(2)6-9(7,8)3/h7H,4-6H2,1-3H3. The van der Waals surface area contributed by atoms with Gasteiger partial charge in [0.05, 0.1) is 0 Å². The van der Waals surface area contributed by atoms with Crippen LogP contribution in [-0.2, 0) is 0 Å². The lowest BCUT2D eigenvalue weighted by molar-refractivity contribution is 0.0992. The first kappa shape index (κ1) is 5.76. The highest BCUT2D eigenvalue weighted by molar-refractivity contribution is 5.21. The molecule has 0 N–H and O–H groups in total. The van der Waals surface area contributed by atoms with Gasteiger partial charge in [0.25, 0.3) is 0 Å². The minimum absolute atomic E-state index is 0.793. The zero-order chi connectivity index (χ0) is 6.70. The van der Waals surface area contributed by atoms with Crippen molar-refractivity contribution in [2.45, 2.75) is 40.0 Å². The molecule has 2 rings (SSSR count). The van der Waals surface area contributed by atoms with E-state index in [0.29, 0.717) is 0 Å². The maximum Gasteiger partial charge on any atom is -0.0238 e. The molecule has 2 fully saturated rings. The number of hydrogen-bond acceptors (Lipinski definition) is 0. The fourth-order valence-electron chi connectivity index (χ4n) is 2.94. The van der Waals surface area contributed by atoms with Crippen molar-refractivity contribution in [1.29, 1.82) is 0 Å². The summed E-state index contributed by atoms with van der Waals surface area (Å²) < 4.78 is 0. The molecule has 0 heterocycles. The molecule has 0 aliphatic heterocycles. The first-order chi connectivity index (χ1) is 4.12. The molecule has 9 heavy (non-hydrogen) atoms. The molecular formula is C9H16. The molecular weight excluding hydrogens is 108 g/mol. The third-order valence-electron chi connectivity index (χ3n) is 4.10. The van der Waals surface area contributed by atoms with Gasteiger partial charge in [-0.1, -0.05) is 27.2 Å². The van der Waals surface area contributed by atoms with Crippen molar-refractivity contribution in [1.82, 2.24) is 0 Å². The van der Waals surface area contributed by atoms with Crippen molar-refractivity contribution in [3.05, 3.63) is 0 Å². The van der Waals surface area contributed by atoms with Crippen LogP contribution in [0.25, 0.3) is 0 Å². The normalized spacial score (nSPS) is 62.3. The molecule has 52 valence electrons. The first-order valence-corrected chi connectivity index (χ1v) is 4.12. The highest BCUT2D eigenvalue weighted by Crippen LogP contribution is 2.80. The number of fused-ring (bicyclic) bond motifs is 1. The van der Waals surface area contributed by atoms with Crippen LogP contribution in [0.1, 0.15) is 40.0 Å². The summed E-state index contributed by atoms with van der Waals surface area (Å²) in [4.78, 5) is 0. The molecule has 2 saturated carbocycles. The Bertz CT molecular complexity index is 150. The second kappa shape index (κ2) is 1.21. The van der Waals surface area contributed by atoms with Gasteiger partial charge in [0, 0.05) is 0 Å². The highest BCUT2D eigenvalue weighted by atomic mass is 14.8. The maximum absolute atomic E-state index is 2.46.